The third-order valence-corrected chi connectivity index (χ3v) is 4.92. The number of benzene rings is 2. The number of likely N-dealkylation sites (tertiary alicyclic amines) is 1. The number of carbonyl (C=O) groups is 3. The molecule has 3 rings (SSSR count). The van der Waals surface area contributed by atoms with Gasteiger partial charge in [0.2, 0.25) is 5.91 Å². The van der Waals surface area contributed by atoms with Gasteiger partial charge in [0.1, 0.15) is 13.2 Å². The lowest BCUT2D eigenvalue weighted by Gasteiger charge is -2.20. The Morgan fingerprint density at radius 2 is 1.42 bits per heavy atom. The molecule has 0 spiro atoms. The van der Waals surface area contributed by atoms with E-state index in [9.17, 15) is 14.4 Å². The van der Waals surface area contributed by atoms with Gasteiger partial charge in [0.25, 0.3) is 0 Å². The average Bonchev–Trinajstić information content (AvgIpc) is 3.08. The van der Waals surface area contributed by atoms with Crippen molar-refractivity contribution in [2.75, 3.05) is 30.3 Å². The highest BCUT2D eigenvalue weighted by molar-refractivity contribution is 5.94. The molecule has 4 amide bonds. The summed E-state index contributed by atoms with van der Waals surface area (Å²) in [6.07, 6.45) is 3.74. The van der Waals surface area contributed by atoms with E-state index in [1.165, 1.54) is 0 Å². The number of hydrogen-bond donors (Lipinski definition) is 3. The molecule has 1 fully saturated rings. The summed E-state index contributed by atoms with van der Waals surface area (Å²) >= 11 is 0. The lowest BCUT2D eigenvalue weighted by molar-refractivity contribution is -0.115. The van der Waals surface area contributed by atoms with Crippen molar-refractivity contribution < 1.29 is 19.1 Å². The molecule has 1 aliphatic heterocycles. The number of anilines is 2. The van der Waals surface area contributed by atoms with Crippen LogP contribution >= 0.6 is 0 Å². The zero-order valence-electron chi connectivity index (χ0n) is 17.4. The molecule has 0 radical (unpaired) electrons. The summed E-state index contributed by atoms with van der Waals surface area (Å²) in [5, 5.41) is 8.00. The molecule has 0 atom stereocenters. The van der Waals surface area contributed by atoms with Gasteiger partial charge in [-0.1, -0.05) is 43.2 Å². The maximum absolute atomic E-state index is 12.4. The van der Waals surface area contributed by atoms with Crippen LogP contribution in [0.15, 0.2) is 54.6 Å². The molecule has 31 heavy (non-hydrogen) atoms. The monoisotopic (exact) mass is 424 g/mol. The number of amides is 4. The van der Waals surface area contributed by atoms with Crippen LogP contribution in [-0.4, -0.2) is 42.6 Å². The first-order chi connectivity index (χ1) is 15.1. The maximum Gasteiger partial charge on any atom is 0.407 e. The van der Waals surface area contributed by atoms with Gasteiger partial charge in [-0.3, -0.25) is 4.79 Å². The van der Waals surface area contributed by atoms with E-state index < -0.39 is 6.09 Å². The van der Waals surface area contributed by atoms with E-state index in [0.717, 1.165) is 44.3 Å². The van der Waals surface area contributed by atoms with Gasteiger partial charge in [0.15, 0.2) is 0 Å². The second kappa shape index (κ2) is 11.6. The molecule has 164 valence electrons. The normalized spacial score (nSPS) is 13.6. The van der Waals surface area contributed by atoms with Crippen molar-refractivity contribution in [2.24, 2.45) is 0 Å². The molecule has 0 aliphatic carbocycles. The van der Waals surface area contributed by atoms with Gasteiger partial charge < -0.3 is 25.6 Å². The fraction of sp³-hybridized carbons (Fsp3) is 0.348. The first kappa shape index (κ1) is 22.1. The highest BCUT2D eigenvalue weighted by Gasteiger charge is 2.15. The van der Waals surface area contributed by atoms with Crippen LogP contribution in [0.2, 0.25) is 0 Å². The smallest absolute Gasteiger partial charge is 0.407 e. The SMILES string of the molecule is O=C(CNC(=O)OCc1ccccc1)Nc1ccc(NC(=O)N2CCCCCC2)cc1. The predicted octanol–water partition coefficient (Wildman–Crippen LogP) is 3.96. The third kappa shape index (κ3) is 7.65. The number of alkyl carbamates (subject to hydrolysis) is 1. The van der Waals surface area contributed by atoms with Crippen LogP contribution in [0.4, 0.5) is 21.0 Å². The zero-order chi connectivity index (χ0) is 21.9. The molecular formula is C23H28N4O4. The van der Waals surface area contributed by atoms with E-state index in [4.69, 9.17) is 4.74 Å². The number of ether oxygens (including phenoxy) is 1. The molecule has 2 aromatic rings. The van der Waals surface area contributed by atoms with Gasteiger partial charge in [-0.15, -0.1) is 0 Å². The largest absolute Gasteiger partial charge is 0.445 e. The molecular weight excluding hydrogens is 396 g/mol. The van der Waals surface area contributed by atoms with Crippen molar-refractivity contribution in [1.29, 1.82) is 0 Å². The summed E-state index contributed by atoms with van der Waals surface area (Å²) in [6, 6.07) is 16.0. The van der Waals surface area contributed by atoms with E-state index in [1.54, 1.807) is 24.3 Å². The molecule has 1 aliphatic rings. The van der Waals surface area contributed by atoms with Crippen LogP contribution in [0, 0.1) is 0 Å². The Morgan fingerprint density at radius 3 is 2.06 bits per heavy atom. The number of carbonyl (C=O) groups excluding carboxylic acids is 3. The van der Waals surface area contributed by atoms with E-state index in [1.807, 2.05) is 35.2 Å². The average molecular weight is 425 g/mol. The molecule has 0 aromatic heterocycles. The molecule has 0 bridgehead atoms. The molecule has 2 aromatic carbocycles. The van der Waals surface area contributed by atoms with Gasteiger partial charge in [-0.05, 0) is 42.7 Å². The van der Waals surface area contributed by atoms with E-state index in [2.05, 4.69) is 16.0 Å². The number of hydrogen-bond acceptors (Lipinski definition) is 4. The summed E-state index contributed by atoms with van der Waals surface area (Å²) in [5.41, 5.74) is 2.09. The summed E-state index contributed by atoms with van der Waals surface area (Å²) in [5.74, 6) is -0.377. The maximum atomic E-state index is 12.4. The molecule has 3 N–H and O–H groups in total. The lowest BCUT2D eigenvalue weighted by Crippen LogP contribution is -2.35. The molecule has 0 unspecified atom stereocenters. The second-order valence-corrected chi connectivity index (χ2v) is 7.37. The Morgan fingerprint density at radius 1 is 0.806 bits per heavy atom. The van der Waals surface area contributed by atoms with Crippen molar-refractivity contribution in [2.45, 2.75) is 32.3 Å². The Kier molecular flexibility index (Phi) is 8.28. The van der Waals surface area contributed by atoms with Crippen LogP contribution in [0.5, 0.6) is 0 Å². The second-order valence-electron chi connectivity index (χ2n) is 7.37. The molecule has 8 nitrogen and oxygen atoms in total. The minimum atomic E-state index is -0.662. The number of nitrogens with one attached hydrogen (secondary N) is 3. The molecule has 1 heterocycles. The Labute approximate surface area is 182 Å². The fourth-order valence-electron chi connectivity index (χ4n) is 3.24. The Hall–Kier alpha value is -3.55. The van der Waals surface area contributed by atoms with Crippen molar-refractivity contribution >= 4 is 29.4 Å². The van der Waals surface area contributed by atoms with Crippen molar-refractivity contribution in [3.63, 3.8) is 0 Å². The molecule has 0 saturated carbocycles. The lowest BCUT2D eigenvalue weighted by atomic mass is 10.2. The number of rotatable bonds is 6. The zero-order valence-corrected chi connectivity index (χ0v) is 17.4. The number of nitrogens with zero attached hydrogens (tertiary/aromatic N) is 1. The Bertz CT molecular complexity index is 863. The van der Waals surface area contributed by atoms with Crippen molar-refractivity contribution in [1.82, 2.24) is 10.2 Å². The van der Waals surface area contributed by atoms with Crippen LogP contribution in [0.1, 0.15) is 31.2 Å². The molecule has 1 saturated heterocycles. The predicted molar refractivity (Wildman–Crippen MR) is 119 cm³/mol. The Balaban J connectivity index is 1.38. The van der Waals surface area contributed by atoms with E-state index in [0.29, 0.717) is 11.4 Å². The van der Waals surface area contributed by atoms with Gasteiger partial charge in [0, 0.05) is 24.5 Å². The summed E-state index contributed by atoms with van der Waals surface area (Å²) in [6.45, 7) is 1.49. The summed E-state index contributed by atoms with van der Waals surface area (Å²) < 4.78 is 5.06. The quantitative estimate of drug-likeness (QED) is 0.653. The summed E-state index contributed by atoms with van der Waals surface area (Å²) in [7, 11) is 0. The van der Waals surface area contributed by atoms with Crippen LogP contribution in [0.25, 0.3) is 0 Å². The van der Waals surface area contributed by atoms with Crippen LogP contribution in [-0.2, 0) is 16.1 Å². The first-order valence-electron chi connectivity index (χ1n) is 10.5. The van der Waals surface area contributed by atoms with Crippen LogP contribution in [0.3, 0.4) is 0 Å². The van der Waals surface area contributed by atoms with Crippen LogP contribution < -0.4 is 16.0 Å². The highest BCUT2D eigenvalue weighted by Crippen LogP contribution is 2.16. The van der Waals surface area contributed by atoms with Crippen molar-refractivity contribution in [3.05, 3.63) is 60.2 Å². The van der Waals surface area contributed by atoms with Gasteiger partial charge in [-0.25, -0.2) is 9.59 Å². The standard InChI is InChI=1S/C23H28N4O4/c28-21(16-24-23(30)31-17-18-8-4-3-5-9-18)25-19-10-12-20(13-11-19)26-22(29)27-14-6-1-2-7-15-27/h3-5,8-13H,1-2,6-7,14-17H2,(H,24,30)(H,25,28)(H,26,29). The molecule has 8 heteroatoms. The minimum absolute atomic E-state index is 0.100. The topological polar surface area (TPSA) is 99.8 Å². The first-order valence-corrected chi connectivity index (χ1v) is 10.5. The highest BCUT2D eigenvalue weighted by atomic mass is 16.5. The van der Waals surface area contributed by atoms with Gasteiger partial charge in [0.05, 0.1) is 0 Å². The minimum Gasteiger partial charge on any atom is -0.445 e. The van der Waals surface area contributed by atoms with E-state index >= 15 is 0 Å². The van der Waals surface area contributed by atoms with Gasteiger partial charge in [-0.2, -0.15) is 0 Å². The van der Waals surface area contributed by atoms with Gasteiger partial charge >= 0.3 is 12.1 Å². The summed E-state index contributed by atoms with van der Waals surface area (Å²) in [4.78, 5) is 38.0. The fourth-order valence-corrected chi connectivity index (χ4v) is 3.24. The number of urea groups is 1. The van der Waals surface area contributed by atoms with E-state index in [-0.39, 0.29) is 25.1 Å². The third-order valence-electron chi connectivity index (χ3n) is 4.92. The van der Waals surface area contributed by atoms with Crippen molar-refractivity contribution in [3.8, 4) is 0 Å².